The molecular weight excluding hydrogens is 294 g/mol. The molecule has 0 aliphatic heterocycles. The summed E-state index contributed by atoms with van der Waals surface area (Å²) in [5.74, 6) is 0.00298. The Bertz CT molecular complexity index is 961. The number of anilines is 1. The van der Waals surface area contributed by atoms with Crippen molar-refractivity contribution >= 4 is 17.4 Å². The molecule has 4 aromatic rings. The van der Waals surface area contributed by atoms with Gasteiger partial charge >= 0.3 is 0 Å². The van der Waals surface area contributed by atoms with E-state index in [0.717, 1.165) is 11.3 Å². The summed E-state index contributed by atoms with van der Waals surface area (Å²) in [5, 5.41) is 6.25. The fraction of sp³-hybridized carbons (Fsp3) is 0. The van der Waals surface area contributed by atoms with Crippen molar-refractivity contribution in [3.63, 3.8) is 0 Å². The van der Waals surface area contributed by atoms with Crippen LogP contribution >= 0.6 is 0 Å². The molecule has 0 saturated heterocycles. The Morgan fingerprint density at radius 3 is 2.87 bits per heavy atom. The van der Waals surface area contributed by atoms with Gasteiger partial charge in [-0.2, -0.15) is 0 Å². The molecule has 0 fully saturated rings. The number of nitrogens with zero attached hydrogens (tertiary/aromatic N) is 4. The first-order valence-electron chi connectivity index (χ1n) is 6.91. The summed E-state index contributed by atoms with van der Waals surface area (Å²) in [6, 6.07) is 11.0. The number of aromatic nitrogens is 4. The molecule has 0 aliphatic rings. The van der Waals surface area contributed by atoms with Crippen LogP contribution in [-0.2, 0) is 0 Å². The Labute approximate surface area is 130 Å². The van der Waals surface area contributed by atoms with Gasteiger partial charge in [-0.05, 0) is 24.3 Å². The topological polar surface area (TPSA) is 85.3 Å². The predicted molar refractivity (Wildman–Crippen MR) is 82.9 cm³/mol. The number of hydrogen-bond acceptors (Lipinski definition) is 5. The van der Waals surface area contributed by atoms with Crippen molar-refractivity contribution in [1.29, 1.82) is 0 Å². The lowest BCUT2D eigenvalue weighted by Crippen LogP contribution is -2.12. The SMILES string of the molecule is O=C(Nc1ccon1)c1cn2cc(-c3ccccn3)ccc2n1. The standard InChI is InChI=1S/C16H11N5O2/c22-16(19-14-6-8-23-20-14)13-10-21-9-11(4-5-15(21)18-13)12-3-1-2-7-17-12/h1-10H,(H,19,20,22). The zero-order chi connectivity index (χ0) is 15.6. The highest BCUT2D eigenvalue weighted by atomic mass is 16.5. The van der Waals surface area contributed by atoms with Crippen LogP contribution in [0, 0.1) is 0 Å². The van der Waals surface area contributed by atoms with E-state index in [4.69, 9.17) is 0 Å². The van der Waals surface area contributed by atoms with Crippen LogP contribution in [0.25, 0.3) is 16.9 Å². The van der Waals surface area contributed by atoms with Crippen molar-refractivity contribution in [3.05, 3.63) is 66.9 Å². The number of carbonyl (C=O) groups is 1. The average molecular weight is 305 g/mol. The summed E-state index contributed by atoms with van der Waals surface area (Å²) in [4.78, 5) is 20.8. The average Bonchev–Trinajstić information content (AvgIpc) is 3.24. The van der Waals surface area contributed by atoms with E-state index >= 15 is 0 Å². The van der Waals surface area contributed by atoms with E-state index in [1.165, 1.54) is 6.26 Å². The summed E-state index contributed by atoms with van der Waals surface area (Å²) in [6.07, 6.45) is 6.68. The van der Waals surface area contributed by atoms with Crippen LogP contribution in [-0.4, -0.2) is 25.4 Å². The van der Waals surface area contributed by atoms with Crippen LogP contribution in [0.3, 0.4) is 0 Å². The van der Waals surface area contributed by atoms with Gasteiger partial charge in [-0.3, -0.25) is 9.78 Å². The number of fused-ring (bicyclic) bond motifs is 1. The van der Waals surface area contributed by atoms with Crippen LogP contribution in [0.1, 0.15) is 10.5 Å². The van der Waals surface area contributed by atoms with Gasteiger partial charge in [0, 0.05) is 30.2 Å². The summed E-state index contributed by atoms with van der Waals surface area (Å²) in [6.45, 7) is 0. The van der Waals surface area contributed by atoms with Crippen LogP contribution in [0.15, 0.2) is 65.8 Å². The molecule has 0 bridgehead atoms. The summed E-state index contributed by atoms with van der Waals surface area (Å²) >= 11 is 0. The van der Waals surface area contributed by atoms with Crippen molar-refractivity contribution in [1.82, 2.24) is 19.5 Å². The molecule has 4 heterocycles. The Balaban J connectivity index is 1.67. The first kappa shape index (κ1) is 13.2. The number of carbonyl (C=O) groups excluding carboxylic acids is 1. The minimum absolute atomic E-state index is 0.297. The highest BCUT2D eigenvalue weighted by molar-refractivity contribution is 6.02. The van der Waals surface area contributed by atoms with Crippen molar-refractivity contribution in [2.75, 3.05) is 5.32 Å². The molecule has 0 aromatic carbocycles. The molecule has 0 saturated carbocycles. The summed E-state index contributed by atoms with van der Waals surface area (Å²) in [7, 11) is 0. The van der Waals surface area contributed by atoms with Gasteiger partial charge in [-0.1, -0.05) is 11.2 Å². The number of rotatable bonds is 3. The van der Waals surface area contributed by atoms with Crippen LogP contribution in [0.4, 0.5) is 5.82 Å². The summed E-state index contributed by atoms with van der Waals surface area (Å²) < 4.78 is 6.47. The first-order valence-corrected chi connectivity index (χ1v) is 6.91. The molecule has 0 atom stereocenters. The molecule has 4 aromatic heterocycles. The number of hydrogen-bond donors (Lipinski definition) is 1. The Kier molecular flexibility index (Phi) is 3.09. The van der Waals surface area contributed by atoms with E-state index in [2.05, 4.69) is 25.0 Å². The maximum Gasteiger partial charge on any atom is 0.277 e. The molecule has 0 aliphatic carbocycles. The van der Waals surface area contributed by atoms with Gasteiger partial charge in [0.25, 0.3) is 5.91 Å². The normalized spacial score (nSPS) is 10.8. The maximum absolute atomic E-state index is 12.2. The lowest BCUT2D eigenvalue weighted by atomic mass is 10.2. The molecule has 0 spiro atoms. The molecule has 23 heavy (non-hydrogen) atoms. The minimum atomic E-state index is -0.345. The second-order valence-corrected chi connectivity index (χ2v) is 4.86. The third-order valence-electron chi connectivity index (χ3n) is 3.32. The molecule has 7 nitrogen and oxygen atoms in total. The zero-order valence-electron chi connectivity index (χ0n) is 11.9. The van der Waals surface area contributed by atoms with Gasteiger partial charge in [0.05, 0.1) is 5.69 Å². The number of nitrogens with one attached hydrogen (secondary N) is 1. The van der Waals surface area contributed by atoms with Crippen LogP contribution in [0.2, 0.25) is 0 Å². The Morgan fingerprint density at radius 2 is 2.09 bits per heavy atom. The maximum atomic E-state index is 12.2. The quantitative estimate of drug-likeness (QED) is 0.629. The molecule has 4 rings (SSSR count). The largest absolute Gasteiger partial charge is 0.363 e. The predicted octanol–water partition coefficient (Wildman–Crippen LogP) is 2.64. The van der Waals surface area contributed by atoms with Crippen molar-refractivity contribution in [2.45, 2.75) is 0 Å². The molecule has 0 unspecified atom stereocenters. The lowest BCUT2D eigenvalue weighted by molar-refractivity contribution is 0.102. The fourth-order valence-electron chi connectivity index (χ4n) is 2.24. The lowest BCUT2D eigenvalue weighted by Gasteiger charge is -2.00. The van der Waals surface area contributed by atoms with Gasteiger partial charge < -0.3 is 14.2 Å². The van der Waals surface area contributed by atoms with E-state index in [9.17, 15) is 4.79 Å². The highest BCUT2D eigenvalue weighted by Crippen LogP contribution is 2.18. The Morgan fingerprint density at radius 1 is 1.13 bits per heavy atom. The monoisotopic (exact) mass is 305 g/mol. The smallest absolute Gasteiger partial charge is 0.277 e. The molecule has 1 N–H and O–H groups in total. The third-order valence-corrected chi connectivity index (χ3v) is 3.32. The van der Waals surface area contributed by atoms with Crippen LogP contribution in [0.5, 0.6) is 0 Å². The second kappa shape index (κ2) is 5.38. The Hall–Kier alpha value is -3.48. The molecular formula is C16H11N5O2. The van der Waals surface area contributed by atoms with E-state index in [-0.39, 0.29) is 5.91 Å². The van der Waals surface area contributed by atoms with E-state index in [0.29, 0.717) is 17.2 Å². The van der Waals surface area contributed by atoms with Gasteiger partial charge in [-0.15, -0.1) is 0 Å². The van der Waals surface area contributed by atoms with E-state index in [1.54, 1.807) is 22.9 Å². The molecule has 112 valence electrons. The molecule has 7 heteroatoms. The van der Waals surface area contributed by atoms with Crippen molar-refractivity contribution in [3.8, 4) is 11.3 Å². The van der Waals surface area contributed by atoms with Gasteiger partial charge in [0.15, 0.2) is 5.82 Å². The van der Waals surface area contributed by atoms with Gasteiger partial charge in [0.1, 0.15) is 17.6 Å². The van der Waals surface area contributed by atoms with Crippen molar-refractivity contribution in [2.24, 2.45) is 0 Å². The van der Waals surface area contributed by atoms with Gasteiger partial charge in [0.2, 0.25) is 0 Å². The number of imidazole rings is 1. The molecule has 1 amide bonds. The van der Waals surface area contributed by atoms with Crippen LogP contribution < -0.4 is 5.32 Å². The zero-order valence-corrected chi connectivity index (χ0v) is 11.9. The highest BCUT2D eigenvalue weighted by Gasteiger charge is 2.12. The third kappa shape index (κ3) is 2.55. The van der Waals surface area contributed by atoms with Crippen molar-refractivity contribution < 1.29 is 9.32 Å². The second-order valence-electron chi connectivity index (χ2n) is 4.86. The molecule has 0 radical (unpaired) electrons. The van der Waals surface area contributed by atoms with E-state index < -0.39 is 0 Å². The first-order chi connectivity index (χ1) is 11.3. The van der Waals surface area contributed by atoms with E-state index in [1.807, 2.05) is 36.5 Å². The number of amides is 1. The minimum Gasteiger partial charge on any atom is -0.363 e. The summed E-state index contributed by atoms with van der Waals surface area (Å²) in [5.41, 5.74) is 2.77. The fourth-order valence-corrected chi connectivity index (χ4v) is 2.24. The van der Waals surface area contributed by atoms with Gasteiger partial charge in [-0.25, -0.2) is 4.98 Å². The number of pyridine rings is 2.